The summed E-state index contributed by atoms with van der Waals surface area (Å²) in [5.41, 5.74) is 14.6. The number of aryl methyl sites for hydroxylation is 1. The molecule has 3 aliphatic rings. The second kappa shape index (κ2) is 10.8. The van der Waals surface area contributed by atoms with E-state index < -0.39 is 18.1 Å². The number of carbonyl (C=O) groups is 3. The van der Waals surface area contributed by atoms with Crippen molar-refractivity contribution in [3.8, 4) is 0 Å². The number of hydrogen-bond acceptors (Lipinski definition) is 4. The second-order valence-corrected chi connectivity index (χ2v) is 10.6. The Morgan fingerprint density at radius 2 is 1.74 bits per heavy atom. The van der Waals surface area contributed by atoms with E-state index in [0.29, 0.717) is 32.5 Å². The van der Waals surface area contributed by atoms with Crippen molar-refractivity contribution in [1.29, 1.82) is 0 Å². The standard InChI is InChI=1S/C29H36N6O3/c30-27(31)32-16-6-11-23-25(36)35(28(38)33-23)24(19-20-7-2-1-3-8-20)26(37)34-17-14-29(15-18-34)13-12-21-9-4-5-10-22(21)29/h1-5,7-10,23-24H,6,11-19H2,(H,33,38)(H4,30,31,32)/t23-,24+/m0/s1. The van der Waals surface area contributed by atoms with E-state index in [-0.39, 0.29) is 29.6 Å². The van der Waals surface area contributed by atoms with E-state index in [0.717, 1.165) is 36.1 Å². The number of piperidine rings is 1. The lowest BCUT2D eigenvalue weighted by Crippen LogP contribution is -2.55. The van der Waals surface area contributed by atoms with Crippen LogP contribution >= 0.6 is 0 Å². The highest BCUT2D eigenvalue weighted by Gasteiger charge is 2.47. The summed E-state index contributed by atoms with van der Waals surface area (Å²) in [5, 5.41) is 2.77. The first-order chi connectivity index (χ1) is 18.4. The van der Waals surface area contributed by atoms with Crippen LogP contribution in [0.25, 0.3) is 0 Å². The first-order valence-electron chi connectivity index (χ1n) is 13.5. The summed E-state index contributed by atoms with van der Waals surface area (Å²) in [7, 11) is 0. The Hall–Kier alpha value is -3.88. The molecule has 0 unspecified atom stereocenters. The monoisotopic (exact) mass is 516 g/mol. The molecular weight excluding hydrogens is 480 g/mol. The van der Waals surface area contributed by atoms with Crippen molar-refractivity contribution in [1.82, 2.24) is 15.1 Å². The Morgan fingerprint density at radius 3 is 2.47 bits per heavy atom. The number of nitrogens with two attached hydrogens (primary N) is 2. The molecule has 9 heteroatoms. The zero-order valence-electron chi connectivity index (χ0n) is 21.6. The minimum absolute atomic E-state index is 0.00802. The molecule has 38 heavy (non-hydrogen) atoms. The molecule has 9 nitrogen and oxygen atoms in total. The highest BCUT2D eigenvalue weighted by atomic mass is 16.2. The molecule has 0 aromatic heterocycles. The molecule has 2 aliphatic heterocycles. The number of fused-ring (bicyclic) bond motifs is 2. The summed E-state index contributed by atoms with van der Waals surface area (Å²) in [6, 6.07) is 16.1. The van der Waals surface area contributed by atoms with Crippen LogP contribution in [0, 0.1) is 0 Å². The average molecular weight is 517 g/mol. The van der Waals surface area contributed by atoms with Gasteiger partial charge in [0.15, 0.2) is 5.96 Å². The maximum Gasteiger partial charge on any atom is 0.325 e. The third-order valence-electron chi connectivity index (χ3n) is 8.36. The van der Waals surface area contributed by atoms with Gasteiger partial charge in [-0.2, -0.15) is 0 Å². The number of carbonyl (C=O) groups excluding carboxylic acids is 3. The van der Waals surface area contributed by atoms with E-state index >= 15 is 0 Å². The molecule has 2 heterocycles. The maximum atomic E-state index is 14.0. The Balaban J connectivity index is 1.31. The molecule has 0 saturated carbocycles. The Kier molecular flexibility index (Phi) is 7.35. The van der Waals surface area contributed by atoms with Crippen molar-refractivity contribution in [3.05, 3.63) is 71.3 Å². The fourth-order valence-electron chi connectivity index (χ4n) is 6.32. The SMILES string of the molecule is NC(N)=NCCC[C@@H]1NC(=O)N([C@H](Cc2ccccc2)C(=O)N2CCC3(CCc4ccccc43)CC2)C1=O. The maximum absolute atomic E-state index is 14.0. The minimum Gasteiger partial charge on any atom is -0.370 e. The van der Waals surface area contributed by atoms with E-state index in [1.807, 2.05) is 35.2 Å². The molecule has 2 aromatic rings. The van der Waals surface area contributed by atoms with Crippen LogP contribution in [0.5, 0.6) is 0 Å². The van der Waals surface area contributed by atoms with Crippen LogP contribution in [0.2, 0.25) is 0 Å². The van der Waals surface area contributed by atoms with Gasteiger partial charge in [0.2, 0.25) is 5.91 Å². The molecule has 5 N–H and O–H groups in total. The summed E-state index contributed by atoms with van der Waals surface area (Å²) in [6.07, 6.45) is 5.18. The molecule has 2 atom stereocenters. The first kappa shape index (κ1) is 25.8. The number of rotatable bonds is 8. The van der Waals surface area contributed by atoms with E-state index in [4.69, 9.17) is 11.5 Å². The van der Waals surface area contributed by atoms with Crippen molar-refractivity contribution in [2.45, 2.75) is 62.4 Å². The number of imide groups is 1. The molecule has 0 bridgehead atoms. The fourth-order valence-corrected chi connectivity index (χ4v) is 6.32. The highest BCUT2D eigenvalue weighted by molar-refractivity contribution is 6.07. The number of nitrogens with one attached hydrogen (secondary N) is 1. The van der Waals surface area contributed by atoms with Crippen LogP contribution in [0.15, 0.2) is 59.6 Å². The lowest BCUT2D eigenvalue weighted by atomic mass is 9.73. The molecule has 1 spiro atoms. The van der Waals surface area contributed by atoms with E-state index in [1.165, 1.54) is 11.1 Å². The van der Waals surface area contributed by atoms with Gasteiger partial charge in [0.1, 0.15) is 12.1 Å². The molecule has 2 aromatic carbocycles. The van der Waals surface area contributed by atoms with Crippen molar-refractivity contribution in [2.24, 2.45) is 16.5 Å². The normalized spacial score (nSPS) is 20.8. The van der Waals surface area contributed by atoms with Gasteiger partial charge in [0, 0.05) is 26.1 Å². The fraction of sp³-hybridized carbons (Fsp3) is 0.448. The van der Waals surface area contributed by atoms with Gasteiger partial charge in [-0.25, -0.2) is 9.69 Å². The summed E-state index contributed by atoms with van der Waals surface area (Å²) in [6.45, 7) is 1.60. The summed E-state index contributed by atoms with van der Waals surface area (Å²) in [4.78, 5) is 47.4. The van der Waals surface area contributed by atoms with Gasteiger partial charge in [0.05, 0.1) is 0 Å². The van der Waals surface area contributed by atoms with Crippen LogP contribution < -0.4 is 16.8 Å². The number of amides is 4. The van der Waals surface area contributed by atoms with Crippen molar-refractivity contribution < 1.29 is 14.4 Å². The molecule has 0 radical (unpaired) electrons. The van der Waals surface area contributed by atoms with Gasteiger partial charge >= 0.3 is 6.03 Å². The predicted molar refractivity (Wildman–Crippen MR) is 145 cm³/mol. The number of nitrogens with zero attached hydrogens (tertiary/aromatic N) is 3. The topological polar surface area (TPSA) is 134 Å². The molecule has 5 rings (SSSR count). The molecule has 2 saturated heterocycles. The summed E-state index contributed by atoms with van der Waals surface area (Å²) < 4.78 is 0. The largest absolute Gasteiger partial charge is 0.370 e. The van der Waals surface area contributed by atoms with Crippen molar-refractivity contribution in [2.75, 3.05) is 19.6 Å². The number of likely N-dealkylation sites (tertiary alicyclic amines) is 1. The first-order valence-corrected chi connectivity index (χ1v) is 13.5. The molecule has 2 fully saturated rings. The zero-order chi connectivity index (χ0) is 26.7. The Bertz CT molecular complexity index is 1220. The third kappa shape index (κ3) is 5.10. The molecule has 200 valence electrons. The summed E-state index contributed by atoms with van der Waals surface area (Å²) >= 11 is 0. The number of urea groups is 1. The van der Waals surface area contributed by atoms with Crippen LogP contribution in [-0.2, 0) is 27.8 Å². The van der Waals surface area contributed by atoms with Gasteiger partial charge in [-0.15, -0.1) is 0 Å². The summed E-state index contributed by atoms with van der Waals surface area (Å²) in [5.74, 6) is -0.543. The lowest BCUT2D eigenvalue weighted by Gasteiger charge is -2.42. The predicted octanol–water partition coefficient (Wildman–Crippen LogP) is 2.08. The molecule has 1 aliphatic carbocycles. The number of guanidine groups is 1. The van der Waals surface area contributed by atoms with Crippen LogP contribution in [-0.4, -0.2) is 65.3 Å². The van der Waals surface area contributed by atoms with Gasteiger partial charge in [-0.1, -0.05) is 54.6 Å². The minimum atomic E-state index is -0.891. The average Bonchev–Trinajstić information content (AvgIpc) is 3.42. The Labute approximate surface area is 223 Å². The third-order valence-corrected chi connectivity index (χ3v) is 8.36. The van der Waals surface area contributed by atoms with Gasteiger partial charge in [-0.3, -0.25) is 14.6 Å². The van der Waals surface area contributed by atoms with E-state index in [9.17, 15) is 14.4 Å². The number of hydrogen-bond donors (Lipinski definition) is 3. The van der Waals surface area contributed by atoms with Crippen LogP contribution in [0.4, 0.5) is 4.79 Å². The van der Waals surface area contributed by atoms with E-state index in [2.05, 4.69) is 34.6 Å². The van der Waals surface area contributed by atoms with Crippen LogP contribution in [0.1, 0.15) is 48.8 Å². The van der Waals surface area contributed by atoms with Gasteiger partial charge in [0.25, 0.3) is 5.91 Å². The Morgan fingerprint density at radius 1 is 1.03 bits per heavy atom. The highest BCUT2D eigenvalue weighted by Crippen LogP contribution is 2.46. The van der Waals surface area contributed by atoms with E-state index in [1.54, 1.807) is 0 Å². The molecular formula is C29H36N6O3. The smallest absolute Gasteiger partial charge is 0.325 e. The quantitative estimate of drug-likeness (QED) is 0.214. The lowest BCUT2D eigenvalue weighted by molar-refractivity contribution is -0.143. The van der Waals surface area contributed by atoms with Gasteiger partial charge < -0.3 is 21.7 Å². The van der Waals surface area contributed by atoms with Crippen LogP contribution in [0.3, 0.4) is 0 Å². The number of benzene rings is 2. The van der Waals surface area contributed by atoms with Crippen molar-refractivity contribution in [3.63, 3.8) is 0 Å². The number of aliphatic imine (C=N–C) groups is 1. The molecule has 4 amide bonds. The van der Waals surface area contributed by atoms with Crippen molar-refractivity contribution >= 4 is 23.8 Å². The van der Waals surface area contributed by atoms with Gasteiger partial charge in [-0.05, 0) is 60.6 Å². The second-order valence-electron chi connectivity index (χ2n) is 10.6. The zero-order valence-corrected chi connectivity index (χ0v) is 21.6.